The maximum absolute atomic E-state index is 6.23. The normalized spacial score (nSPS) is 12.8. The molecule has 0 bridgehead atoms. The molecular formula is C11H15ClN4OS. The SMILES string of the molecule is CNC(c1cncs1)c1c(Cl)cnn1CCOC. The number of methoxy groups -OCH3 is 1. The first-order valence-electron chi connectivity index (χ1n) is 5.53. The van der Waals surface area contributed by atoms with Gasteiger partial charge in [-0.2, -0.15) is 5.10 Å². The maximum Gasteiger partial charge on any atom is 0.0870 e. The Morgan fingerprint density at radius 1 is 1.56 bits per heavy atom. The van der Waals surface area contributed by atoms with Crippen LogP contribution in [0.5, 0.6) is 0 Å². The van der Waals surface area contributed by atoms with Crippen molar-refractivity contribution in [1.82, 2.24) is 20.1 Å². The first kappa shape index (κ1) is 13.5. The second kappa shape index (κ2) is 6.29. The van der Waals surface area contributed by atoms with Crippen molar-refractivity contribution in [3.63, 3.8) is 0 Å². The first-order chi connectivity index (χ1) is 8.77. The monoisotopic (exact) mass is 286 g/mol. The lowest BCUT2D eigenvalue weighted by molar-refractivity contribution is 0.182. The molecule has 1 unspecified atom stereocenters. The minimum Gasteiger partial charge on any atom is -0.383 e. The molecule has 1 atom stereocenters. The van der Waals surface area contributed by atoms with Crippen LogP contribution in [-0.4, -0.2) is 35.5 Å². The molecule has 2 aromatic rings. The summed E-state index contributed by atoms with van der Waals surface area (Å²) in [5, 5.41) is 8.18. The Morgan fingerprint density at radius 3 is 3.00 bits per heavy atom. The summed E-state index contributed by atoms with van der Waals surface area (Å²) in [7, 11) is 3.57. The van der Waals surface area contributed by atoms with Gasteiger partial charge in [-0.15, -0.1) is 11.3 Å². The van der Waals surface area contributed by atoms with E-state index in [4.69, 9.17) is 16.3 Å². The first-order valence-corrected chi connectivity index (χ1v) is 6.79. The number of nitrogens with zero attached hydrogens (tertiary/aromatic N) is 3. The number of aromatic nitrogens is 3. The van der Waals surface area contributed by atoms with Crippen LogP contribution in [0.15, 0.2) is 17.9 Å². The fourth-order valence-electron chi connectivity index (χ4n) is 1.80. The van der Waals surface area contributed by atoms with Crippen LogP contribution >= 0.6 is 22.9 Å². The van der Waals surface area contributed by atoms with E-state index in [0.717, 1.165) is 10.6 Å². The molecule has 18 heavy (non-hydrogen) atoms. The summed E-state index contributed by atoms with van der Waals surface area (Å²) in [6.07, 6.45) is 3.51. The highest BCUT2D eigenvalue weighted by molar-refractivity contribution is 7.09. The summed E-state index contributed by atoms with van der Waals surface area (Å²) < 4.78 is 6.95. The lowest BCUT2D eigenvalue weighted by atomic mass is 10.2. The molecule has 0 spiro atoms. The zero-order valence-corrected chi connectivity index (χ0v) is 11.8. The lowest BCUT2D eigenvalue weighted by Crippen LogP contribution is -2.22. The van der Waals surface area contributed by atoms with Gasteiger partial charge in [0.05, 0.1) is 41.6 Å². The molecule has 0 aromatic carbocycles. The average Bonchev–Trinajstić information content (AvgIpc) is 3.00. The van der Waals surface area contributed by atoms with Crippen molar-refractivity contribution in [2.45, 2.75) is 12.6 Å². The third kappa shape index (κ3) is 2.72. The molecule has 0 saturated carbocycles. The van der Waals surface area contributed by atoms with Crippen molar-refractivity contribution in [3.05, 3.63) is 33.5 Å². The van der Waals surface area contributed by atoms with Crippen molar-refractivity contribution in [3.8, 4) is 0 Å². The fraction of sp³-hybridized carbons (Fsp3) is 0.455. The number of thiazole rings is 1. The van der Waals surface area contributed by atoms with Crippen LogP contribution < -0.4 is 5.32 Å². The minimum absolute atomic E-state index is 0.00403. The van der Waals surface area contributed by atoms with Crippen molar-refractivity contribution < 1.29 is 4.74 Å². The van der Waals surface area contributed by atoms with Gasteiger partial charge in [0.2, 0.25) is 0 Å². The van der Waals surface area contributed by atoms with E-state index in [1.807, 2.05) is 23.4 Å². The molecule has 5 nitrogen and oxygen atoms in total. The highest BCUT2D eigenvalue weighted by Gasteiger charge is 2.21. The predicted molar refractivity (Wildman–Crippen MR) is 72.1 cm³/mol. The van der Waals surface area contributed by atoms with Gasteiger partial charge in [-0.25, -0.2) is 0 Å². The Kier molecular flexibility index (Phi) is 4.71. The van der Waals surface area contributed by atoms with Gasteiger partial charge in [-0.3, -0.25) is 9.67 Å². The van der Waals surface area contributed by atoms with Crippen molar-refractivity contribution in [1.29, 1.82) is 0 Å². The van der Waals surface area contributed by atoms with Crippen LogP contribution in [0, 0.1) is 0 Å². The van der Waals surface area contributed by atoms with E-state index in [0.29, 0.717) is 18.2 Å². The number of ether oxygens (including phenoxy) is 1. The summed E-state index contributed by atoms with van der Waals surface area (Å²) in [6.45, 7) is 1.28. The number of nitrogens with one attached hydrogen (secondary N) is 1. The Balaban J connectivity index is 2.32. The maximum atomic E-state index is 6.23. The average molecular weight is 287 g/mol. The molecular weight excluding hydrogens is 272 g/mol. The van der Waals surface area contributed by atoms with Gasteiger partial charge in [0.1, 0.15) is 0 Å². The van der Waals surface area contributed by atoms with Crippen molar-refractivity contribution in [2.24, 2.45) is 0 Å². The van der Waals surface area contributed by atoms with E-state index in [2.05, 4.69) is 15.4 Å². The van der Waals surface area contributed by atoms with Gasteiger partial charge in [-0.1, -0.05) is 11.6 Å². The van der Waals surface area contributed by atoms with Gasteiger partial charge in [0, 0.05) is 18.2 Å². The van der Waals surface area contributed by atoms with Crippen LogP contribution in [-0.2, 0) is 11.3 Å². The van der Waals surface area contributed by atoms with Crippen LogP contribution in [0.3, 0.4) is 0 Å². The highest BCUT2D eigenvalue weighted by Crippen LogP contribution is 2.29. The standard InChI is InChI=1S/C11H15ClN4OS/c1-13-10(9-6-14-7-18-9)11-8(12)5-15-16(11)3-4-17-2/h5-7,10,13H,3-4H2,1-2H3. The van der Waals surface area contributed by atoms with Crippen LogP contribution in [0.25, 0.3) is 0 Å². The van der Waals surface area contributed by atoms with Crippen molar-refractivity contribution in [2.75, 3.05) is 20.8 Å². The molecule has 0 fully saturated rings. The summed E-state index contributed by atoms with van der Waals surface area (Å²) >= 11 is 7.82. The second-order valence-corrected chi connectivity index (χ2v) is 5.04. The zero-order chi connectivity index (χ0) is 13.0. The van der Waals surface area contributed by atoms with Gasteiger partial charge in [0.15, 0.2) is 0 Å². The van der Waals surface area contributed by atoms with E-state index < -0.39 is 0 Å². The Labute approximate surface area is 115 Å². The largest absolute Gasteiger partial charge is 0.383 e. The molecule has 0 amide bonds. The number of rotatable bonds is 6. The molecule has 0 saturated heterocycles. The molecule has 0 aliphatic rings. The third-order valence-corrected chi connectivity index (χ3v) is 3.77. The third-order valence-electron chi connectivity index (χ3n) is 2.64. The predicted octanol–water partition coefficient (Wildman–Crippen LogP) is 1.95. The van der Waals surface area contributed by atoms with Crippen molar-refractivity contribution >= 4 is 22.9 Å². The Bertz CT molecular complexity index is 485. The molecule has 0 aliphatic carbocycles. The minimum atomic E-state index is 0.00403. The van der Waals surface area contributed by atoms with Crippen LogP contribution in [0.1, 0.15) is 16.6 Å². The van der Waals surface area contributed by atoms with E-state index in [1.54, 1.807) is 24.6 Å². The molecule has 1 N–H and O–H groups in total. The summed E-state index contributed by atoms with van der Waals surface area (Å²) in [4.78, 5) is 5.21. The molecule has 0 aliphatic heterocycles. The molecule has 2 heterocycles. The van der Waals surface area contributed by atoms with E-state index >= 15 is 0 Å². The highest BCUT2D eigenvalue weighted by atomic mass is 35.5. The van der Waals surface area contributed by atoms with Crippen LogP contribution in [0.4, 0.5) is 0 Å². The smallest absolute Gasteiger partial charge is 0.0870 e. The molecule has 7 heteroatoms. The van der Waals surface area contributed by atoms with Gasteiger partial charge >= 0.3 is 0 Å². The van der Waals surface area contributed by atoms with E-state index in [-0.39, 0.29) is 6.04 Å². The zero-order valence-electron chi connectivity index (χ0n) is 10.3. The van der Waals surface area contributed by atoms with Gasteiger partial charge in [0.25, 0.3) is 0 Å². The topological polar surface area (TPSA) is 52.0 Å². The van der Waals surface area contributed by atoms with Gasteiger partial charge in [-0.05, 0) is 7.05 Å². The number of hydrogen-bond donors (Lipinski definition) is 1. The van der Waals surface area contributed by atoms with Gasteiger partial charge < -0.3 is 10.1 Å². The quantitative estimate of drug-likeness (QED) is 0.882. The van der Waals surface area contributed by atoms with E-state index in [1.165, 1.54) is 0 Å². The number of hydrogen-bond acceptors (Lipinski definition) is 5. The lowest BCUT2D eigenvalue weighted by Gasteiger charge is -2.17. The summed E-state index contributed by atoms with van der Waals surface area (Å²) in [5.74, 6) is 0. The Hall–Kier alpha value is -0.950. The molecule has 2 aromatic heterocycles. The summed E-state index contributed by atoms with van der Waals surface area (Å²) in [6, 6.07) is 0.00403. The number of halogens is 1. The van der Waals surface area contributed by atoms with E-state index in [9.17, 15) is 0 Å². The fourth-order valence-corrected chi connectivity index (χ4v) is 2.78. The summed E-state index contributed by atoms with van der Waals surface area (Å²) in [5.41, 5.74) is 2.75. The molecule has 0 radical (unpaired) electrons. The van der Waals surface area contributed by atoms with Crippen LogP contribution in [0.2, 0.25) is 5.02 Å². The molecule has 2 rings (SSSR count). The Morgan fingerprint density at radius 2 is 2.39 bits per heavy atom. The molecule has 98 valence electrons. The second-order valence-electron chi connectivity index (χ2n) is 3.72.